The van der Waals surface area contributed by atoms with Crippen LogP contribution in [0.2, 0.25) is 0 Å². The molecule has 0 amide bonds. The van der Waals surface area contributed by atoms with Crippen LogP contribution in [0.1, 0.15) is 12.0 Å². The Morgan fingerprint density at radius 3 is 2.07 bits per heavy atom. The van der Waals surface area contributed by atoms with Gasteiger partial charge in [-0.25, -0.2) is 22.0 Å². The van der Waals surface area contributed by atoms with Gasteiger partial charge in [-0.3, -0.25) is 0 Å². The van der Waals surface area contributed by atoms with E-state index in [-0.39, 0.29) is 0 Å². The highest BCUT2D eigenvalue weighted by atomic mass is 35.5. The highest BCUT2D eigenvalue weighted by Crippen LogP contribution is 2.35. The average molecular weight is 405 g/mol. The molecule has 0 radical (unpaired) electrons. The van der Waals surface area contributed by atoms with E-state index in [9.17, 15) is 22.0 Å². The molecular weight excluding hydrogens is 393 g/mol. The molecule has 0 N–H and O–H groups in total. The smallest absolute Gasteiger partial charge is 0.204 e. The fraction of sp³-hybridized carbons (Fsp3) is 0.0476. The van der Waals surface area contributed by atoms with Gasteiger partial charge >= 0.3 is 6.13 Å². The second kappa shape index (κ2) is 7.10. The maximum Gasteiger partial charge on any atom is 0.322 e. The van der Waals surface area contributed by atoms with Crippen molar-refractivity contribution in [3.8, 4) is 0 Å². The van der Waals surface area contributed by atoms with Crippen molar-refractivity contribution >= 4 is 39.4 Å². The van der Waals surface area contributed by atoms with E-state index in [0.717, 1.165) is 16.3 Å². The van der Waals surface area contributed by atoms with Crippen molar-refractivity contribution in [3.63, 3.8) is 0 Å². The molecule has 0 saturated heterocycles. The van der Waals surface area contributed by atoms with Crippen LogP contribution in [-0.2, 0) is 0 Å². The molecule has 0 saturated carbocycles. The van der Waals surface area contributed by atoms with Crippen LogP contribution in [0.25, 0.3) is 16.3 Å². The van der Waals surface area contributed by atoms with E-state index in [4.69, 9.17) is 11.5 Å². The Bertz CT molecular complexity index is 1130. The molecule has 0 spiro atoms. The van der Waals surface area contributed by atoms with Crippen molar-refractivity contribution in [1.82, 2.24) is 0 Å². The molecule has 3 aromatic rings. The molecule has 0 aliphatic heterocycles. The fourth-order valence-electron chi connectivity index (χ4n) is 3.51. The van der Waals surface area contributed by atoms with Gasteiger partial charge in [-0.1, -0.05) is 60.1 Å². The van der Waals surface area contributed by atoms with E-state index >= 15 is 0 Å². The lowest BCUT2D eigenvalue weighted by Crippen LogP contribution is -2.35. The third-order valence-corrected chi connectivity index (χ3v) is 5.31. The Morgan fingerprint density at radius 2 is 1.36 bits per heavy atom. The van der Waals surface area contributed by atoms with Crippen molar-refractivity contribution in [2.45, 2.75) is 6.42 Å². The summed E-state index contributed by atoms with van der Waals surface area (Å²) < 4.78 is 69.1. The van der Waals surface area contributed by atoms with Crippen LogP contribution in [0.15, 0.2) is 60.1 Å². The van der Waals surface area contributed by atoms with Gasteiger partial charge in [0.25, 0.3) is 0 Å². The SMILES string of the molecule is Fc1c(F)c(F)c(B(Cl)C2=C(c3cccc4ccccc34)CC=C2)c(F)c1F. The third-order valence-electron chi connectivity index (χ3n) is 4.85. The van der Waals surface area contributed by atoms with E-state index in [2.05, 4.69) is 0 Å². The molecule has 0 nitrogen and oxygen atoms in total. The van der Waals surface area contributed by atoms with E-state index in [0.29, 0.717) is 17.5 Å². The summed E-state index contributed by atoms with van der Waals surface area (Å²) in [5.74, 6) is -10.0. The second-order valence-corrected chi connectivity index (χ2v) is 6.85. The summed E-state index contributed by atoms with van der Waals surface area (Å²) in [7, 11) is 0. The van der Waals surface area contributed by atoms with Crippen molar-refractivity contribution in [1.29, 1.82) is 0 Å². The molecular formula is C21H11BClF5. The van der Waals surface area contributed by atoms with Gasteiger partial charge in [-0.2, -0.15) is 11.5 Å². The first-order valence-corrected chi connectivity index (χ1v) is 8.88. The lowest BCUT2D eigenvalue weighted by atomic mass is 9.59. The Labute approximate surface area is 162 Å². The Balaban J connectivity index is 1.92. The first-order valence-electron chi connectivity index (χ1n) is 8.45. The number of halogens is 6. The Hall–Kier alpha value is -2.60. The summed E-state index contributed by atoms with van der Waals surface area (Å²) in [6.45, 7) is 0. The summed E-state index contributed by atoms with van der Waals surface area (Å²) in [5, 5.41) is 1.86. The van der Waals surface area contributed by atoms with Gasteiger partial charge in [0.2, 0.25) is 0 Å². The van der Waals surface area contributed by atoms with Crippen LogP contribution in [0.5, 0.6) is 0 Å². The van der Waals surface area contributed by atoms with Gasteiger partial charge in [0.15, 0.2) is 29.1 Å². The molecule has 4 rings (SSSR count). The van der Waals surface area contributed by atoms with Crippen molar-refractivity contribution < 1.29 is 22.0 Å². The molecule has 140 valence electrons. The largest absolute Gasteiger partial charge is 0.322 e. The Morgan fingerprint density at radius 1 is 0.750 bits per heavy atom. The van der Waals surface area contributed by atoms with Crippen LogP contribution in [-0.4, -0.2) is 6.13 Å². The molecule has 3 aromatic carbocycles. The highest BCUT2D eigenvalue weighted by molar-refractivity contribution is 7.19. The molecule has 0 unspecified atom stereocenters. The Kier molecular flexibility index (Phi) is 4.75. The minimum absolute atomic E-state index is 0.307. The maximum absolute atomic E-state index is 14.2. The topological polar surface area (TPSA) is 0 Å². The van der Waals surface area contributed by atoms with Gasteiger partial charge in [0.05, 0.1) is 0 Å². The average Bonchev–Trinajstić information content (AvgIpc) is 3.20. The van der Waals surface area contributed by atoms with Gasteiger partial charge in [-0.15, -0.1) is 0 Å². The molecule has 0 aromatic heterocycles. The number of hydrogen-bond donors (Lipinski definition) is 0. The van der Waals surface area contributed by atoms with E-state index in [1.54, 1.807) is 12.2 Å². The monoisotopic (exact) mass is 404 g/mol. The zero-order valence-corrected chi connectivity index (χ0v) is 15.0. The quantitative estimate of drug-likeness (QED) is 0.220. The van der Waals surface area contributed by atoms with Crippen LogP contribution in [0, 0.1) is 29.1 Å². The van der Waals surface area contributed by atoms with Crippen LogP contribution < -0.4 is 5.46 Å². The predicted molar refractivity (Wildman–Crippen MR) is 102 cm³/mol. The lowest BCUT2D eigenvalue weighted by Gasteiger charge is -2.15. The first-order chi connectivity index (χ1) is 13.4. The van der Waals surface area contributed by atoms with Crippen LogP contribution in [0.4, 0.5) is 22.0 Å². The maximum atomic E-state index is 14.2. The number of hydrogen-bond acceptors (Lipinski definition) is 0. The summed E-state index contributed by atoms with van der Waals surface area (Å²) >= 11 is 6.27. The lowest BCUT2D eigenvalue weighted by molar-refractivity contribution is 0.384. The molecule has 0 atom stereocenters. The summed E-state index contributed by atoms with van der Waals surface area (Å²) in [5.41, 5.74) is 0.743. The summed E-state index contributed by atoms with van der Waals surface area (Å²) in [6.07, 6.45) is 2.21. The first kappa shape index (κ1) is 18.8. The van der Waals surface area contributed by atoms with Gasteiger partial charge < -0.3 is 0 Å². The van der Waals surface area contributed by atoms with Crippen molar-refractivity contribution in [3.05, 3.63) is 94.7 Å². The minimum Gasteiger partial charge on any atom is -0.204 e. The second-order valence-electron chi connectivity index (χ2n) is 6.41. The van der Waals surface area contributed by atoms with Gasteiger partial charge in [0.1, 0.15) is 0 Å². The standard InChI is InChI=1S/C21H11BClF5/c23-22(16-17(24)19(26)21(28)20(27)18(16)25)15-10-4-9-14(15)13-8-3-6-11-5-1-2-7-12(11)13/h1-8,10H,9H2. The third kappa shape index (κ3) is 2.83. The van der Waals surface area contributed by atoms with Gasteiger partial charge in [-0.05, 0) is 28.3 Å². The van der Waals surface area contributed by atoms with E-state index in [1.807, 2.05) is 42.5 Å². The molecule has 28 heavy (non-hydrogen) atoms. The minimum atomic E-state index is -2.20. The summed E-state index contributed by atoms with van der Waals surface area (Å²) in [4.78, 5) is 0. The van der Waals surface area contributed by atoms with E-state index in [1.165, 1.54) is 0 Å². The molecule has 1 aliphatic carbocycles. The van der Waals surface area contributed by atoms with Gasteiger partial charge in [0, 0.05) is 5.46 Å². The van der Waals surface area contributed by atoms with Crippen molar-refractivity contribution in [2.24, 2.45) is 0 Å². The number of rotatable bonds is 3. The normalized spacial score (nSPS) is 13.6. The van der Waals surface area contributed by atoms with Crippen LogP contribution in [0.3, 0.4) is 0 Å². The highest BCUT2D eigenvalue weighted by Gasteiger charge is 2.35. The zero-order valence-electron chi connectivity index (χ0n) is 14.2. The molecule has 0 bridgehead atoms. The molecule has 7 heteroatoms. The number of benzene rings is 3. The van der Waals surface area contributed by atoms with Crippen LogP contribution >= 0.6 is 11.5 Å². The molecule has 0 fully saturated rings. The predicted octanol–water partition coefficient (Wildman–Crippen LogP) is 5.93. The zero-order chi connectivity index (χ0) is 20.0. The fourth-order valence-corrected chi connectivity index (χ4v) is 3.91. The number of fused-ring (bicyclic) bond motifs is 1. The molecule has 1 aliphatic rings. The molecule has 0 heterocycles. The van der Waals surface area contributed by atoms with Crippen molar-refractivity contribution in [2.75, 3.05) is 0 Å². The number of allylic oxidation sites excluding steroid dienone is 4. The summed E-state index contributed by atoms with van der Waals surface area (Å²) in [6, 6.07) is 13.2. The van der Waals surface area contributed by atoms with E-state index < -0.39 is 40.7 Å².